The molecule has 6 heteroatoms. The third-order valence-electron chi connectivity index (χ3n) is 6.50. The lowest BCUT2D eigenvalue weighted by molar-refractivity contribution is 0.409. The number of phenolic OH excluding ortho intramolecular Hbond substituents is 2. The maximum Gasteiger partial charge on any atom is 0.276 e. The molecule has 0 fully saturated rings. The molecule has 1 aliphatic heterocycles. The predicted molar refractivity (Wildman–Crippen MR) is 132 cm³/mol. The van der Waals surface area contributed by atoms with E-state index >= 15 is 0 Å². The minimum atomic E-state index is -0.211. The molecule has 0 radical (unpaired) electrons. The van der Waals surface area contributed by atoms with Crippen LogP contribution in [-0.4, -0.2) is 19.8 Å². The third kappa shape index (κ3) is 3.40. The smallest absolute Gasteiger partial charge is 0.276 e. The van der Waals surface area contributed by atoms with Crippen molar-refractivity contribution in [2.45, 2.75) is 18.5 Å². The van der Waals surface area contributed by atoms with Crippen molar-refractivity contribution in [2.24, 2.45) is 0 Å². The fourth-order valence-corrected chi connectivity index (χ4v) is 4.89. The monoisotopic (exact) mass is 449 g/mol. The zero-order valence-corrected chi connectivity index (χ0v) is 18.3. The van der Waals surface area contributed by atoms with Crippen LogP contribution >= 0.6 is 0 Å². The predicted octanol–water partition coefficient (Wildman–Crippen LogP) is 2.68. The number of imidazole rings is 1. The first-order valence-electron chi connectivity index (χ1n) is 11.2. The molecule has 1 aromatic heterocycles. The molecule has 2 aliphatic rings. The first-order chi connectivity index (χ1) is 16.6. The third-order valence-corrected chi connectivity index (χ3v) is 6.50. The van der Waals surface area contributed by atoms with E-state index in [0.717, 1.165) is 33.4 Å². The van der Waals surface area contributed by atoms with Gasteiger partial charge in [-0.1, -0.05) is 60.7 Å². The van der Waals surface area contributed by atoms with Crippen LogP contribution in [0.5, 0.6) is 11.5 Å². The number of hydrogen-bond acceptors (Lipinski definition) is 4. The Morgan fingerprint density at radius 1 is 0.941 bits per heavy atom. The Bertz CT molecular complexity index is 1600. The van der Waals surface area contributed by atoms with Gasteiger partial charge in [0.1, 0.15) is 22.3 Å². The summed E-state index contributed by atoms with van der Waals surface area (Å²) in [6.45, 7) is 0. The Kier molecular flexibility index (Phi) is 4.66. The van der Waals surface area contributed by atoms with Crippen LogP contribution in [0, 0.1) is 0 Å². The Balaban J connectivity index is 1.56. The van der Waals surface area contributed by atoms with Crippen molar-refractivity contribution in [1.29, 1.82) is 0 Å². The van der Waals surface area contributed by atoms with Crippen molar-refractivity contribution in [3.8, 4) is 11.5 Å². The van der Waals surface area contributed by atoms with Crippen LogP contribution in [0.15, 0.2) is 83.7 Å². The highest BCUT2D eigenvalue weighted by molar-refractivity contribution is 5.63. The molecule has 6 nitrogen and oxygen atoms in total. The van der Waals surface area contributed by atoms with Gasteiger partial charge in [0.25, 0.3) is 5.56 Å². The van der Waals surface area contributed by atoms with E-state index in [1.807, 2.05) is 41.0 Å². The highest BCUT2D eigenvalue weighted by Gasteiger charge is 2.34. The van der Waals surface area contributed by atoms with Gasteiger partial charge in [0.2, 0.25) is 0 Å². The average Bonchev–Trinajstić information content (AvgIpc) is 3.17. The fraction of sp³-hybridized carbons (Fsp3) is 0.107. The van der Waals surface area contributed by atoms with Crippen LogP contribution in [0.2, 0.25) is 0 Å². The van der Waals surface area contributed by atoms with Crippen LogP contribution in [0.1, 0.15) is 34.3 Å². The van der Waals surface area contributed by atoms with Gasteiger partial charge in [0.15, 0.2) is 0 Å². The number of nitrogens with one attached hydrogen (secondary N) is 2. The molecule has 4 N–H and O–H groups in total. The molecule has 1 aliphatic carbocycles. The van der Waals surface area contributed by atoms with Crippen LogP contribution in [0.3, 0.4) is 0 Å². The standard InChI is InChI=1S/C28H23N3O3/c32-20-9-6-18(7-10-20)15-24-28(34)31-25-13-8-19-16-21(33)11-12-22(19)26(25)29-23(27(31)30-24)14-17-4-2-1-3-5-17/h1-13,15-16,25-26,29-30,32-33H,14H2/b24-15-. The van der Waals surface area contributed by atoms with E-state index in [1.54, 1.807) is 42.5 Å². The molecular weight excluding hydrogens is 426 g/mol. The van der Waals surface area contributed by atoms with Crippen LogP contribution in [0.25, 0.3) is 17.8 Å². The van der Waals surface area contributed by atoms with Crippen molar-refractivity contribution < 1.29 is 10.2 Å². The van der Waals surface area contributed by atoms with Gasteiger partial charge in [-0.15, -0.1) is 0 Å². The van der Waals surface area contributed by atoms with Crippen LogP contribution in [-0.2, 0) is 6.42 Å². The molecule has 0 amide bonds. The SMILES string of the molecule is O=c1/c(=C/c2ccc(O)cc2)[nH]c2n1C1C=Cc3cc(O)ccc3C1NC=2Cc1ccccc1. The quantitative estimate of drug-likeness (QED) is 0.387. The molecule has 0 saturated heterocycles. The van der Waals surface area contributed by atoms with Gasteiger partial charge in [-0.25, -0.2) is 0 Å². The molecule has 0 saturated carbocycles. The van der Waals surface area contributed by atoms with E-state index in [-0.39, 0.29) is 29.1 Å². The zero-order valence-electron chi connectivity index (χ0n) is 18.3. The molecule has 2 heterocycles. The van der Waals surface area contributed by atoms with Crippen molar-refractivity contribution in [2.75, 3.05) is 0 Å². The number of aromatic hydroxyl groups is 2. The number of fused-ring (bicyclic) bond motifs is 5. The van der Waals surface area contributed by atoms with Gasteiger partial charge in [0.05, 0.1) is 17.8 Å². The summed E-state index contributed by atoms with van der Waals surface area (Å²) in [7, 11) is 0. The van der Waals surface area contributed by atoms with Gasteiger partial charge in [-0.05, 0) is 52.6 Å². The van der Waals surface area contributed by atoms with Gasteiger partial charge < -0.3 is 20.5 Å². The normalized spacial score (nSPS) is 18.7. The number of aromatic amines is 1. The molecule has 2 unspecified atom stereocenters. The van der Waals surface area contributed by atoms with E-state index in [0.29, 0.717) is 11.8 Å². The molecule has 2 atom stereocenters. The average molecular weight is 450 g/mol. The number of H-pyrrole nitrogens is 1. The Morgan fingerprint density at radius 3 is 2.50 bits per heavy atom. The molecule has 3 aromatic carbocycles. The topological polar surface area (TPSA) is 90.3 Å². The van der Waals surface area contributed by atoms with Crippen molar-refractivity contribution in [3.63, 3.8) is 0 Å². The van der Waals surface area contributed by atoms with E-state index < -0.39 is 0 Å². The largest absolute Gasteiger partial charge is 0.508 e. The number of phenols is 2. The summed E-state index contributed by atoms with van der Waals surface area (Å²) in [6.07, 6.45) is 6.43. The van der Waals surface area contributed by atoms with Crippen molar-refractivity contribution >= 4 is 17.8 Å². The maximum atomic E-state index is 13.6. The summed E-state index contributed by atoms with van der Waals surface area (Å²) in [4.78, 5) is 17.0. The lowest BCUT2D eigenvalue weighted by Crippen LogP contribution is -2.47. The number of rotatable bonds is 3. The Morgan fingerprint density at radius 2 is 1.71 bits per heavy atom. The van der Waals surface area contributed by atoms with Crippen molar-refractivity contribution in [1.82, 2.24) is 14.9 Å². The second-order valence-corrected chi connectivity index (χ2v) is 8.72. The number of benzene rings is 3. The zero-order chi connectivity index (χ0) is 23.2. The first kappa shape index (κ1) is 20.2. The lowest BCUT2D eigenvalue weighted by atomic mass is 9.87. The Labute approximate surface area is 195 Å². The summed E-state index contributed by atoms with van der Waals surface area (Å²) in [5.41, 5.74) is 5.53. The van der Waals surface area contributed by atoms with Gasteiger partial charge in [-0.2, -0.15) is 0 Å². The first-order valence-corrected chi connectivity index (χ1v) is 11.2. The van der Waals surface area contributed by atoms with Crippen LogP contribution < -0.4 is 21.7 Å². The highest BCUT2D eigenvalue weighted by atomic mass is 16.3. The minimum Gasteiger partial charge on any atom is -0.508 e. The molecule has 0 spiro atoms. The summed E-state index contributed by atoms with van der Waals surface area (Å²) in [5, 5.41) is 23.7. The molecule has 6 rings (SSSR count). The lowest BCUT2D eigenvalue weighted by Gasteiger charge is -2.36. The molecular formula is C28H23N3O3. The second kappa shape index (κ2) is 7.85. The molecule has 168 valence electrons. The van der Waals surface area contributed by atoms with Crippen LogP contribution in [0.4, 0.5) is 0 Å². The number of nitrogens with zero attached hydrogens (tertiary/aromatic N) is 1. The molecule has 34 heavy (non-hydrogen) atoms. The fourth-order valence-electron chi connectivity index (χ4n) is 4.89. The summed E-state index contributed by atoms with van der Waals surface area (Å²) in [6, 6.07) is 21.9. The maximum absolute atomic E-state index is 13.6. The summed E-state index contributed by atoms with van der Waals surface area (Å²) < 4.78 is 1.83. The minimum absolute atomic E-state index is 0.1000. The van der Waals surface area contributed by atoms with E-state index in [9.17, 15) is 15.0 Å². The van der Waals surface area contributed by atoms with E-state index in [2.05, 4.69) is 22.4 Å². The van der Waals surface area contributed by atoms with Crippen molar-refractivity contribution in [3.05, 3.63) is 122 Å². The molecule has 4 aromatic rings. The van der Waals surface area contributed by atoms with E-state index in [4.69, 9.17) is 0 Å². The van der Waals surface area contributed by atoms with E-state index in [1.165, 1.54) is 0 Å². The highest BCUT2D eigenvalue weighted by Crippen LogP contribution is 2.37. The molecule has 0 bridgehead atoms. The van der Waals surface area contributed by atoms with Gasteiger partial charge >= 0.3 is 0 Å². The van der Waals surface area contributed by atoms with Gasteiger partial charge in [0, 0.05) is 6.42 Å². The summed E-state index contributed by atoms with van der Waals surface area (Å²) >= 11 is 0. The second-order valence-electron chi connectivity index (χ2n) is 8.72. The number of hydrogen-bond donors (Lipinski definition) is 4. The number of aromatic nitrogens is 2. The Hall–Kier alpha value is -4.45. The van der Waals surface area contributed by atoms with Gasteiger partial charge in [-0.3, -0.25) is 9.36 Å². The summed E-state index contributed by atoms with van der Waals surface area (Å²) in [5.74, 6) is 0.402.